The lowest BCUT2D eigenvalue weighted by Crippen LogP contribution is -2.44. The summed E-state index contributed by atoms with van der Waals surface area (Å²) in [7, 11) is 4.15. The Bertz CT molecular complexity index is 588. The molecule has 106 valence electrons. The highest BCUT2D eigenvalue weighted by molar-refractivity contribution is 5.94. The third kappa shape index (κ3) is 2.49. The number of nitrogens with one attached hydrogen (secondary N) is 1. The van der Waals surface area contributed by atoms with Crippen LogP contribution in [-0.4, -0.2) is 50.2 Å². The molecule has 1 saturated heterocycles. The van der Waals surface area contributed by atoms with Gasteiger partial charge in [0.1, 0.15) is 5.82 Å². The molecular weight excluding hydrogens is 248 g/mol. The molecule has 1 aliphatic rings. The van der Waals surface area contributed by atoms with Gasteiger partial charge in [-0.1, -0.05) is 24.3 Å². The first-order valence-corrected chi connectivity index (χ1v) is 7.24. The lowest BCUT2D eigenvalue weighted by molar-refractivity contribution is 0.312. The highest BCUT2D eigenvalue weighted by Crippen LogP contribution is 2.27. The summed E-state index contributed by atoms with van der Waals surface area (Å²) in [5, 5.41) is 5.80. The Morgan fingerprint density at radius 2 is 1.80 bits per heavy atom. The Morgan fingerprint density at radius 3 is 2.50 bits per heavy atom. The fraction of sp³-hybridized carbons (Fsp3) is 0.438. The minimum atomic E-state index is 0.858. The van der Waals surface area contributed by atoms with Gasteiger partial charge >= 0.3 is 0 Å². The largest absolute Gasteiger partial charge is 0.354 e. The molecule has 0 unspecified atom stereocenters. The molecule has 0 aliphatic carbocycles. The minimum absolute atomic E-state index is 0.858. The van der Waals surface area contributed by atoms with Crippen molar-refractivity contribution in [1.29, 1.82) is 0 Å². The second-order valence-corrected chi connectivity index (χ2v) is 5.47. The summed E-state index contributed by atoms with van der Waals surface area (Å²) in [4.78, 5) is 9.52. The summed E-state index contributed by atoms with van der Waals surface area (Å²) < 4.78 is 0. The van der Waals surface area contributed by atoms with Gasteiger partial charge in [0, 0.05) is 44.3 Å². The fourth-order valence-corrected chi connectivity index (χ4v) is 2.84. The quantitative estimate of drug-likeness (QED) is 0.920. The van der Waals surface area contributed by atoms with E-state index in [0.717, 1.165) is 38.5 Å². The smallest absolute Gasteiger partial charge is 0.136 e. The van der Waals surface area contributed by atoms with Crippen LogP contribution in [0.15, 0.2) is 30.5 Å². The van der Waals surface area contributed by atoms with Crippen molar-refractivity contribution in [2.45, 2.75) is 6.54 Å². The van der Waals surface area contributed by atoms with E-state index in [-0.39, 0.29) is 0 Å². The molecule has 0 atom stereocenters. The van der Waals surface area contributed by atoms with E-state index < -0.39 is 0 Å². The summed E-state index contributed by atoms with van der Waals surface area (Å²) in [6.45, 7) is 5.18. The Labute approximate surface area is 120 Å². The van der Waals surface area contributed by atoms with E-state index in [1.807, 2.05) is 13.2 Å². The molecule has 3 rings (SSSR count). The molecule has 1 aliphatic heterocycles. The first-order valence-electron chi connectivity index (χ1n) is 7.24. The van der Waals surface area contributed by atoms with Crippen molar-refractivity contribution < 1.29 is 0 Å². The van der Waals surface area contributed by atoms with Gasteiger partial charge in [-0.3, -0.25) is 0 Å². The van der Waals surface area contributed by atoms with Crippen LogP contribution in [-0.2, 0) is 6.54 Å². The van der Waals surface area contributed by atoms with Gasteiger partial charge in [-0.2, -0.15) is 0 Å². The number of hydrogen-bond donors (Lipinski definition) is 1. The number of rotatable bonds is 3. The van der Waals surface area contributed by atoms with Crippen molar-refractivity contribution in [3.05, 3.63) is 36.0 Å². The fourth-order valence-electron chi connectivity index (χ4n) is 2.84. The lowest BCUT2D eigenvalue weighted by atomic mass is 10.1. The van der Waals surface area contributed by atoms with Crippen molar-refractivity contribution in [3.63, 3.8) is 0 Å². The van der Waals surface area contributed by atoms with Crippen molar-refractivity contribution in [3.8, 4) is 0 Å². The van der Waals surface area contributed by atoms with Gasteiger partial charge in [0.15, 0.2) is 0 Å². The van der Waals surface area contributed by atoms with E-state index in [1.165, 1.54) is 16.3 Å². The van der Waals surface area contributed by atoms with Gasteiger partial charge in [-0.25, -0.2) is 4.98 Å². The molecule has 2 heterocycles. The summed E-state index contributed by atoms with van der Waals surface area (Å²) in [5.74, 6) is 1.13. The van der Waals surface area contributed by atoms with E-state index in [9.17, 15) is 0 Å². The number of likely N-dealkylation sites (N-methyl/N-ethyl adjacent to an activating group) is 1. The molecule has 2 aromatic rings. The highest BCUT2D eigenvalue weighted by atomic mass is 15.3. The van der Waals surface area contributed by atoms with Gasteiger partial charge in [0.25, 0.3) is 0 Å². The van der Waals surface area contributed by atoms with E-state index in [1.54, 1.807) is 0 Å². The molecule has 1 aromatic heterocycles. The summed E-state index contributed by atoms with van der Waals surface area (Å²) in [5.41, 5.74) is 1.26. The zero-order valence-corrected chi connectivity index (χ0v) is 12.3. The standard InChI is InChI=1S/C16H22N4/c1-17-11-13-12-18-16(15-6-4-3-5-14(13)15)20-9-7-19(2)8-10-20/h3-6,12,17H,7-11H2,1-2H3. The second-order valence-electron chi connectivity index (χ2n) is 5.47. The summed E-state index contributed by atoms with van der Waals surface area (Å²) in [6, 6.07) is 8.60. The number of aromatic nitrogens is 1. The number of pyridine rings is 1. The van der Waals surface area contributed by atoms with Gasteiger partial charge in [-0.15, -0.1) is 0 Å². The number of anilines is 1. The third-order valence-electron chi connectivity index (χ3n) is 4.03. The minimum Gasteiger partial charge on any atom is -0.354 e. The first kappa shape index (κ1) is 13.3. The molecule has 4 nitrogen and oxygen atoms in total. The van der Waals surface area contributed by atoms with Gasteiger partial charge in [0.05, 0.1) is 0 Å². The average molecular weight is 270 g/mol. The van der Waals surface area contributed by atoms with Gasteiger partial charge < -0.3 is 15.1 Å². The molecule has 4 heteroatoms. The zero-order valence-electron chi connectivity index (χ0n) is 12.3. The molecule has 1 aromatic carbocycles. The average Bonchev–Trinajstić information content (AvgIpc) is 2.49. The van der Waals surface area contributed by atoms with Crippen LogP contribution >= 0.6 is 0 Å². The van der Waals surface area contributed by atoms with Crippen LogP contribution in [0.4, 0.5) is 5.82 Å². The van der Waals surface area contributed by atoms with Crippen LogP contribution in [0.5, 0.6) is 0 Å². The van der Waals surface area contributed by atoms with Crippen LogP contribution in [0.2, 0.25) is 0 Å². The predicted molar refractivity (Wildman–Crippen MR) is 84.2 cm³/mol. The van der Waals surface area contributed by atoms with Crippen LogP contribution in [0.25, 0.3) is 10.8 Å². The summed E-state index contributed by atoms with van der Waals surface area (Å²) in [6.07, 6.45) is 2.02. The van der Waals surface area contributed by atoms with Crippen LogP contribution in [0, 0.1) is 0 Å². The molecule has 1 fully saturated rings. The van der Waals surface area contributed by atoms with Gasteiger partial charge in [0.2, 0.25) is 0 Å². The maximum atomic E-state index is 4.74. The molecular formula is C16H22N4. The molecule has 0 saturated carbocycles. The van der Waals surface area contributed by atoms with Crippen LogP contribution in [0.3, 0.4) is 0 Å². The molecule has 0 radical (unpaired) electrons. The Balaban J connectivity index is 2.01. The van der Waals surface area contributed by atoms with Gasteiger partial charge in [-0.05, 0) is 25.0 Å². The van der Waals surface area contributed by atoms with E-state index in [0.29, 0.717) is 0 Å². The number of hydrogen-bond acceptors (Lipinski definition) is 4. The SMILES string of the molecule is CNCc1cnc(N2CCN(C)CC2)c2ccccc12. The van der Waals surface area contributed by atoms with Crippen molar-refractivity contribution >= 4 is 16.6 Å². The maximum Gasteiger partial charge on any atom is 0.136 e. The number of nitrogens with zero attached hydrogens (tertiary/aromatic N) is 3. The monoisotopic (exact) mass is 270 g/mol. The first-order chi connectivity index (χ1) is 9.79. The zero-order chi connectivity index (χ0) is 13.9. The summed E-state index contributed by atoms with van der Waals surface area (Å²) >= 11 is 0. The molecule has 0 bridgehead atoms. The van der Waals surface area contributed by atoms with Crippen LogP contribution < -0.4 is 10.2 Å². The second kappa shape index (κ2) is 5.77. The number of fused-ring (bicyclic) bond motifs is 1. The lowest BCUT2D eigenvalue weighted by Gasteiger charge is -2.34. The van der Waals surface area contributed by atoms with E-state index in [2.05, 4.69) is 46.4 Å². The van der Waals surface area contributed by atoms with Crippen molar-refractivity contribution in [2.75, 3.05) is 45.2 Å². The number of benzene rings is 1. The Kier molecular flexibility index (Phi) is 3.85. The van der Waals surface area contributed by atoms with Crippen molar-refractivity contribution in [1.82, 2.24) is 15.2 Å². The molecule has 0 amide bonds. The highest BCUT2D eigenvalue weighted by Gasteiger charge is 2.18. The molecule has 1 N–H and O–H groups in total. The van der Waals surface area contributed by atoms with E-state index >= 15 is 0 Å². The van der Waals surface area contributed by atoms with E-state index in [4.69, 9.17) is 4.98 Å². The molecule has 0 spiro atoms. The van der Waals surface area contributed by atoms with Crippen LogP contribution in [0.1, 0.15) is 5.56 Å². The Morgan fingerprint density at radius 1 is 1.10 bits per heavy atom. The molecule has 20 heavy (non-hydrogen) atoms. The Hall–Kier alpha value is -1.65. The third-order valence-corrected chi connectivity index (χ3v) is 4.03. The predicted octanol–water partition coefficient (Wildman–Crippen LogP) is 1.71. The number of piperazine rings is 1. The topological polar surface area (TPSA) is 31.4 Å². The van der Waals surface area contributed by atoms with Crippen molar-refractivity contribution in [2.24, 2.45) is 0 Å². The normalized spacial score (nSPS) is 16.8. The maximum absolute atomic E-state index is 4.74.